The number of H-pyrrole nitrogens is 1. The fourth-order valence-electron chi connectivity index (χ4n) is 2.65. The lowest BCUT2D eigenvalue weighted by Crippen LogP contribution is -2.29. The number of aromatic amines is 1. The van der Waals surface area contributed by atoms with E-state index in [1.807, 2.05) is 0 Å². The molecule has 0 bridgehead atoms. The van der Waals surface area contributed by atoms with E-state index in [1.165, 1.54) is 0 Å². The number of fused-ring (bicyclic) bond motifs is 2. The highest BCUT2D eigenvalue weighted by molar-refractivity contribution is 7.71. The molecule has 0 amide bonds. The average Bonchev–Trinajstić information content (AvgIpc) is 2.61. The number of carbonyl (C=O) groups is 1. The van der Waals surface area contributed by atoms with Gasteiger partial charge < -0.3 is 14.5 Å². The number of para-hydroxylation sites is 1. The van der Waals surface area contributed by atoms with E-state index in [0.717, 1.165) is 4.57 Å². The van der Waals surface area contributed by atoms with Crippen molar-refractivity contribution in [2.24, 2.45) is 0 Å². The summed E-state index contributed by atoms with van der Waals surface area (Å²) in [5.41, 5.74) is 0.448. The fraction of sp³-hybridized carbons (Fsp3) is 0.118. The van der Waals surface area contributed by atoms with Crippen LogP contribution in [0.2, 0.25) is 0 Å². The topological polar surface area (TPSA) is 73.3 Å². The number of rotatable bonds is 1. The molecule has 2 heterocycles. The maximum absolute atomic E-state index is 12.8. The number of ether oxygens (including phenoxy) is 2. The van der Waals surface area contributed by atoms with E-state index in [-0.39, 0.29) is 4.77 Å². The second kappa shape index (κ2) is 5.61. The summed E-state index contributed by atoms with van der Waals surface area (Å²) in [6.07, 6.45) is 0. The highest BCUT2D eigenvalue weighted by Crippen LogP contribution is 2.30. The van der Waals surface area contributed by atoms with Crippen LogP contribution in [0.4, 0.5) is 0 Å². The van der Waals surface area contributed by atoms with Gasteiger partial charge in [-0.2, -0.15) is 0 Å². The lowest BCUT2D eigenvalue weighted by molar-refractivity contribution is 0.0952. The third kappa shape index (κ3) is 2.30. The summed E-state index contributed by atoms with van der Waals surface area (Å²) in [6, 6.07) is 11.7. The molecule has 0 radical (unpaired) electrons. The van der Waals surface area contributed by atoms with Crippen molar-refractivity contribution in [1.82, 2.24) is 9.55 Å². The number of hydrogen-bond acceptors (Lipinski definition) is 5. The first-order valence-electron chi connectivity index (χ1n) is 7.33. The number of carbonyl (C=O) groups excluding carboxylic acids is 1. The van der Waals surface area contributed by atoms with Gasteiger partial charge in [0.05, 0.1) is 10.9 Å². The van der Waals surface area contributed by atoms with Gasteiger partial charge in [0.1, 0.15) is 13.2 Å². The summed E-state index contributed by atoms with van der Waals surface area (Å²) in [4.78, 5) is 28.4. The van der Waals surface area contributed by atoms with Crippen LogP contribution < -0.4 is 15.0 Å². The molecule has 24 heavy (non-hydrogen) atoms. The van der Waals surface area contributed by atoms with Crippen LogP contribution in [0.25, 0.3) is 10.9 Å². The Labute approximate surface area is 141 Å². The van der Waals surface area contributed by atoms with Crippen LogP contribution in [0.15, 0.2) is 47.3 Å². The Morgan fingerprint density at radius 1 is 1.08 bits per heavy atom. The smallest absolute Gasteiger partial charge is 0.269 e. The van der Waals surface area contributed by atoms with Gasteiger partial charge in [-0.05, 0) is 42.5 Å². The molecule has 0 saturated carbocycles. The van der Waals surface area contributed by atoms with Crippen molar-refractivity contribution >= 4 is 29.0 Å². The minimum absolute atomic E-state index is 0.0542. The van der Waals surface area contributed by atoms with Crippen molar-refractivity contribution in [1.29, 1.82) is 0 Å². The molecule has 0 unspecified atom stereocenters. The van der Waals surface area contributed by atoms with Crippen LogP contribution in [-0.2, 0) is 0 Å². The maximum Gasteiger partial charge on any atom is 0.269 e. The molecule has 0 aliphatic carbocycles. The lowest BCUT2D eigenvalue weighted by Gasteiger charge is -2.18. The SMILES string of the molecule is O=C(c1ccc2c(c1)OCCO2)n1c(=S)[nH]c2ccccc2c1=O. The normalized spacial score (nSPS) is 13.0. The molecule has 120 valence electrons. The van der Waals surface area contributed by atoms with Crippen LogP contribution in [0, 0.1) is 4.77 Å². The van der Waals surface area contributed by atoms with E-state index in [2.05, 4.69) is 4.98 Å². The molecule has 6 nitrogen and oxygen atoms in total. The highest BCUT2D eigenvalue weighted by Gasteiger charge is 2.18. The molecule has 1 aromatic heterocycles. The molecule has 0 atom stereocenters. The molecule has 1 aliphatic heterocycles. The van der Waals surface area contributed by atoms with Crippen LogP contribution in [0.5, 0.6) is 11.5 Å². The van der Waals surface area contributed by atoms with Gasteiger partial charge in [-0.15, -0.1) is 0 Å². The molecule has 7 heteroatoms. The summed E-state index contributed by atoms with van der Waals surface area (Å²) in [5, 5.41) is 0.400. The highest BCUT2D eigenvalue weighted by atomic mass is 32.1. The summed E-state index contributed by atoms with van der Waals surface area (Å²) in [7, 11) is 0. The van der Waals surface area contributed by atoms with Crippen molar-refractivity contribution in [2.45, 2.75) is 0 Å². The molecule has 1 N–H and O–H groups in total. The number of nitrogens with zero attached hydrogens (tertiary/aromatic N) is 1. The van der Waals surface area contributed by atoms with Gasteiger partial charge in [-0.25, -0.2) is 4.57 Å². The van der Waals surface area contributed by atoms with Gasteiger partial charge >= 0.3 is 0 Å². The fourth-order valence-corrected chi connectivity index (χ4v) is 2.93. The molecule has 0 spiro atoms. The zero-order chi connectivity index (χ0) is 16.7. The van der Waals surface area contributed by atoms with E-state index >= 15 is 0 Å². The minimum Gasteiger partial charge on any atom is -0.486 e. The van der Waals surface area contributed by atoms with Gasteiger partial charge in [0.2, 0.25) is 0 Å². The monoisotopic (exact) mass is 340 g/mol. The van der Waals surface area contributed by atoms with Crippen LogP contribution >= 0.6 is 12.2 Å². The quantitative estimate of drug-likeness (QED) is 0.689. The standard InChI is InChI=1S/C17H12N2O4S/c20-15(10-5-6-13-14(9-10)23-8-7-22-13)19-16(21)11-3-1-2-4-12(11)18-17(19)24/h1-6,9H,7-8H2,(H,18,24). The molecule has 4 rings (SSSR count). The number of aromatic nitrogens is 2. The Kier molecular flexibility index (Phi) is 3.42. The van der Waals surface area contributed by atoms with Crippen molar-refractivity contribution < 1.29 is 14.3 Å². The molecule has 2 aromatic carbocycles. The number of nitrogens with one attached hydrogen (secondary N) is 1. The molecule has 3 aromatic rings. The number of hydrogen-bond donors (Lipinski definition) is 1. The first kappa shape index (κ1) is 14.6. The zero-order valence-electron chi connectivity index (χ0n) is 12.4. The molecule has 0 fully saturated rings. The van der Waals surface area contributed by atoms with Crippen LogP contribution in [-0.4, -0.2) is 28.7 Å². The van der Waals surface area contributed by atoms with E-state index in [4.69, 9.17) is 21.7 Å². The van der Waals surface area contributed by atoms with Gasteiger partial charge in [-0.1, -0.05) is 12.1 Å². The summed E-state index contributed by atoms with van der Waals surface area (Å²) < 4.78 is 11.9. The Bertz CT molecular complexity index is 1080. The lowest BCUT2D eigenvalue weighted by atomic mass is 10.1. The van der Waals surface area contributed by atoms with Gasteiger partial charge in [-0.3, -0.25) is 9.59 Å². The third-order valence-electron chi connectivity index (χ3n) is 3.80. The van der Waals surface area contributed by atoms with Crippen molar-refractivity contribution in [3.05, 3.63) is 63.2 Å². The summed E-state index contributed by atoms with van der Waals surface area (Å²) in [6.45, 7) is 0.885. The summed E-state index contributed by atoms with van der Waals surface area (Å²) >= 11 is 5.19. The first-order chi connectivity index (χ1) is 11.6. The second-order valence-corrected chi connectivity index (χ2v) is 5.67. The molecular weight excluding hydrogens is 328 g/mol. The first-order valence-corrected chi connectivity index (χ1v) is 7.74. The van der Waals surface area contributed by atoms with Gasteiger partial charge in [0, 0.05) is 5.56 Å². The maximum atomic E-state index is 12.8. The largest absolute Gasteiger partial charge is 0.486 e. The van der Waals surface area contributed by atoms with Gasteiger partial charge in [0.15, 0.2) is 16.3 Å². The van der Waals surface area contributed by atoms with E-state index in [0.29, 0.717) is 41.2 Å². The predicted molar refractivity (Wildman–Crippen MR) is 90.6 cm³/mol. The van der Waals surface area contributed by atoms with E-state index < -0.39 is 11.5 Å². The van der Waals surface area contributed by atoms with Crippen molar-refractivity contribution in [3.63, 3.8) is 0 Å². The number of benzene rings is 2. The average molecular weight is 340 g/mol. The van der Waals surface area contributed by atoms with Gasteiger partial charge in [0.25, 0.3) is 11.5 Å². The second-order valence-electron chi connectivity index (χ2n) is 5.28. The molecule has 1 aliphatic rings. The van der Waals surface area contributed by atoms with Crippen LogP contribution in [0.3, 0.4) is 0 Å². The van der Waals surface area contributed by atoms with Crippen molar-refractivity contribution in [2.75, 3.05) is 13.2 Å². The van der Waals surface area contributed by atoms with Crippen LogP contribution in [0.1, 0.15) is 10.4 Å². The van der Waals surface area contributed by atoms with E-state index in [1.54, 1.807) is 42.5 Å². The Balaban J connectivity index is 1.87. The summed E-state index contributed by atoms with van der Waals surface area (Å²) in [5.74, 6) is 0.550. The van der Waals surface area contributed by atoms with Crippen molar-refractivity contribution in [3.8, 4) is 11.5 Å². The Hall–Kier alpha value is -2.93. The third-order valence-corrected chi connectivity index (χ3v) is 4.08. The molecular formula is C17H12N2O4S. The predicted octanol–water partition coefficient (Wildman–Crippen LogP) is 2.52. The molecule has 0 saturated heterocycles. The Morgan fingerprint density at radius 3 is 2.67 bits per heavy atom. The Morgan fingerprint density at radius 2 is 1.83 bits per heavy atom. The minimum atomic E-state index is -0.510. The van der Waals surface area contributed by atoms with E-state index in [9.17, 15) is 9.59 Å². The zero-order valence-corrected chi connectivity index (χ0v) is 13.3.